The number of carbonyl (C=O) groups excluding carboxylic acids is 1. The number of fused-ring (bicyclic) bond motifs is 1. The number of amides is 1. The summed E-state index contributed by atoms with van der Waals surface area (Å²) in [6.45, 7) is 4.65. The third kappa shape index (κ3) is 3.97. The van der Waals surface area contributed by atoms with E-state index in [2.05, 4.69) is 34.3 Å². The molecule has 124 valence electrons. The van der Waals surface area contributed by atoms with Crippen LogP contribution in [-0.2, 0) is 4.79 Å². The van der Waals surface area contributed by atoms with Gasteiger partial charge < -0.3 is 10.3 Å². The maximum absolute atomic E-state index is 12.3. The van der Waals surface area contributed by atoms with Crippen molar-refractivity contribution in [2.45, 2.75) is 30.2 Å². The van der Waals surface area contributed by atoms with E-state index < -0.39 is 0 Å². The van der Waals surface area contributed by atoms with Crippen molar-refractivity contribution in [3.63, 3.8) is 0 Å². The molecular formula is C19H21N3OS. The van der Waals surface area contributed by atoms with Gasteiger partial charge in [-0.05, 0) is 30.5 Å². The zero-order chi connectivity index (χ0) is 16.9. The topological polar surface area (TPSA) is 57.8 Å². The molecule has 0 bridgehead atoms. The number of H-pyrrole nitrogens is 1. The fourth-order valence-electron chi connectivity index (χ4n) is 2.50. The number of para-hydroxylation sites is 2. The van der Waals surface area contributed by atoms with Gasteiger partial charge in [0.25, 0.3) is 0 Å². The predicted octanol–water partition coefficient (Wildman–Crippen LogP) is 3.96. The number of rotatable bonds is 6. The van der Waals surface area contributed by atoms with Crippen LogP contribution in [0.3, 0.4) is 0 Å². The highest BCUT2D eigenvalue weighted by Gasteiger charge is 2.17. The van der Waals surface area contributed by atoms with Gasteiger partial charge in [0, 0.05) is 6.54 Å². The van der Waals surface area contributed by atoms with Crippen LogP contribution in [0.5, 0.6) is 0 Å². The van der Waals surface area contributed by atoms with E-state index in [9.17, 15) is 4.79 Å². The van der Waals surface area contributed by atoms with Gasteiger partial charge in [0.1, 0.15) is 0 Å². The average molecular weight is 339 g/mol. The molecular weight excluding hydrogens is 318 g/mol. The molecule has 0 radical (unpaired) electrons. The van der Waals surface area contributed by atoms with Gasteiger partial charge in [-0.3, -0.25) is 4.79 Å². The van der Waals surface area contributed by atoms with Crippen LogP contribution < -0.4 is 5.32 Å². The van der Waals surface area contributed by atoms with E-state index in [0.717, 1.165) is 16.2 Å². The molecule has 1 heterocycles. The zero-order valence-electron chi connectivity index (χ0n) is 13.8. The number of thioether (sulfide) groups is 1. The lowest BCUT2D eigenvalue weighted by Gasteiger charge is -2.15. The van der Waals surface area contributed by atoms with Crippen molar-refractivity contribution < 1.29 is 4.79 Å². The standard InChI is InChI=1S/C19H21N3OS/c1-13(15-8-4-3-5-9-15)12-20-18(23)14(2)24-19-21-16-10-6-7-11-17(16)22-19/h3-11,13-14H,12H2,1-2H3,(H,20,23)(H,21,22). The Morgan fingerprint density at radius 3 is 2.58 bits per heavy atom. The fourth-order valence-corrected chi connectivity index (χ4v) is 3.35. The second kappa shape index (κ2) is 7.53. The first kappa shape index (κ1) is 16.6. The summed E-state index contributed by atoms with van der Waals surface area (Å²) in [5, 5.41) is 3.61. The number of nitrogens with zero attached hydrogens (tertiary/aromatic N) is 1. The molecule has 0 saturated carbocycles. The van der Waals surface area contributed by atoms with Crippen molar-refractivity contribution in [3.8, 4) is 0 Å². The summed E-state index contributed by atoms with van der Waals surface area (Å²) in [6, 6.07) is 18.1. The fraction of sp³-hybridized carbons (Fsp3) is 0.263. The molecule has 0 fully saturated rings. The number of benzene rings is 2. The lowest BCUT2D eigenvalue weighted by molar-refractivity contribution is -0.120. The minimum absolute atomic E-state index is 0.0308. The third-order valence-electron chi connectivity index (χ3n) is 3.98. The highest BCUT2D eigenvalue weighted by Crippen LogP contribution is 2.23. The summed E-state index contributed by atoms with van der Waals surface area (Å²) in [6.07, 6.45) is 0. The monoisotopic (exact) mass is 339 g/mol. The van der Waals surface area contributed by atoms with Crippen molar-refractivity contribution in [1.29, 1.82) is 0 Å². The number of nitrogens with one attached hydrogen (secondary N) is 2. The van der Waals surface area contributed by atoms with Crippen LogP contribution in [0, 0.1) is 0 Å². The van der Waals surface area contributed by atoms with Gasteiger partial charge in [-0.2, -0.15) is 0 Å². The summed E-state index contributed by atoms with van der Waals surface area (Å²) in [5.41, 5.74) is 3.14. The molecule has 2 atom stereocenters. The van der Waals surface area contributed by atoms with Gasteiger partial charge in [-0.15, -0.1) is 0 Å². The van der Waals surface area contributed by atoms with Crippen molar-refractivity contribution in [1.82, 2.24) is 15.3 Å². The van der Waals surface area contributed by atoms with Crippen LogP contribution >= 0.6 is 11.8 Å². The zero-order valence-corrected chi connectivity index (χ0v) is 14.6. The Labute approximate surface area is 146 Å². The van der Waals surface area contributed by atoms with Crippen molar-refractivity contribution in [3.05, 3.63) is 60.2 Å². The maximum atomic E-state index is 12.3. The molecule has 0 aliphatic rings. The van der Waals surface area contributed by atoms with Gasteiger partial charge in [0.05, 0.1) is 16.3 Å². The van der Waals surface area contributed by atoms with Gasteiger partial charge in [-0.1, -0.05) is 61.2 Å². The van der Waals surface area contributed by atoms with Crippen LogP contribution in [-0.4, -0.2) is 27.7 Å². The summed E-state index contributed by atoms with van der Waals surface area (Å²) in [7, 11) is 0. The first-order valence-electron chi connectivity index (χ1n) is 8.07. The number of hydrogen-bond donors (Lipinski definition) is 2. The summed E-state index contributed by atoms with van der Waals surface area (Å²) in [5.74, 6) is 0.321. The third-order valence-corrected chi connectivity index (χ3v) is 4.96. The largest absolute Gasteiger partial charge is 0.355 e. The summed E-state index contributed by atoms with van der Waals surface area (Å²) in [4.78, 5) is 20.1. The number of aromatic nitrogens is 2. The normalized spacial score (nSPS) is 13.6. The van der Waals surface area contributed by atoms with Crippen LogP contribution in [0.2, 0.25) is 0 Å². The van der Waals surface area contributed by atoms with Crippen molar-refractivity contribution in [2.75, 3.05) is 6.54 Å². The quantitative estimate of drug-likeness (QED) is 0.668. The van der Waals surface area contributed by atoms with Crippen LogP contribution in [0.1, 0.15) is 25.3 Å². The van der Waals surface area contributed by atoms with E-state index in [4.69, 9.17) is 0 Å². The van der Waals surface area contributed by atoms with Gasteiger partial charge in [0.2, 0.25) is 5.91 Å². The van der Waals surface area contributed by atoms with Crippen LogP contribution in [0.15, 0.2) is 59.8 Å². The molecule has 0 aliphatic heterocycles. The molecule has 24 heavy (non-hydrogen) atoms. The molecule has 0 aliphatic carbocycles. The van der Waals surface area contributed by atoms with E-state index in [-0.39, 0.29) is 11.2 Å². The molecule has 2 aromatic carbocycles. The minimum atomic E-state index is -0.200. The Hall–Kier alpha value is -2.27. The Kier molecular flexibility index (Phi) is 5.20. The molecule has 3 aromatic rings. The number of imidazole rings is 1. The molecule has 1 aromatic heterocycles. The molecule has 1 amide bonds. The van der Waals surface area contributed by atoms with E-state index in [1.54, 1.807) is 0 Å². The van der Waals surface area contributed by atoms with Crippen molar-refractivity contribution in [2.24, 2.45) is 0 Å². The van der Waals surface area contributed by atoms with Gasteiger partial charge >= 0.3 is 0 Å². The molecule has 0 spiro atoms. The van der Waals surface area contributed by atoms with Crippen molar-refractivity contribution >= 4 is 28.7 Å². The Balaban J connectivity index is 1.54. The first-order chi connectivity index (χ1) is 11.6. The predicted molar refractivity (Wildman–Crippen MR) is 99.3 cm³/mol. The lowest BCUT2D eigenvalue weighted by Crippen LogP contribution is -2.33. The molecule has 4 nitrogen and oxygen atoms in total. The number of carbonyl (C=O) groups is 1. The molecule has 5 heteroatoms. The Bertz CT molecular complexity index is 783. The summed E-state index contributed by atoms with van der Waals surface area (Å²) < 4.78 is 0. The Morgan fingerprint density at radius 1 is 1.12 bits per heavy atom. The van der Waals surface area contributed by atoms with E-state index in [1.807, 2.05) is 49.4 Å². The summed E-state index contributed by atoms with van der Waals surface area (Å²) >= 11 is 1.45. The minimum Gasteiger partial charge on any atom is -0.355 e. The molecule has 2 N–H and O–H groups in total. The van der Waals surface area contributed by atoms with Gasteiger partial charge in [-0.25, -0.2) is 4.98 Å². The number of aromatic amines is 1. The maximum Gasteiger partial charge on any atom is 0.233 e. The second-order valence-corrected chi connectivity index (χ2v) is 7.21. The smallest absolute Gasteiger partial charge is 0.233 e. The SMILES string of the molecule is CC(Sc1nc2ccccc2[nH]1)C(=O)NCC(C)c1ccccc1. The van der Waals surface area contributed by atoms with Crippen LogP contribution in [0.4, 0.5) is 0 Å². The lowest BCUT2D eigenvalue weighted by atomic mass is 10.0. The average Bonchev–Trinajstić information content (AvgIpc) is 3.02. The Morgan fingerprint density at radius 2 is 1.83 bits per heavy atom. The van der Waals surface area contributed by atoms with E-state index in [1.165, 1.54) is 17.3 Å². The van der Waals surface area contributed by atoms with E-state index >= 15 is 0 Å². The second-order valence-electron chi connectivity index (χ2n) is 5.88. The highest BCUT2D eigenvalue weighted by molar-refractivity contribution is 8.00. The van der Waals surface area contributed by atoms with Crippen LogP contribution in [0.25, 0.3) is 11.0 Å². The number of hydrogen-bond acceptors (Lipinski definition) is 3. The molecule has 2 unspecified atom stereocenters. The van der Waals surface area contributed by atoms with E-state index in [0.29, 0.717) is 12.5 Å². The highest BCUT2D eigenvalue weighted by atomic mass is 32.2. The molecule has 3 rings (SSSR count). The first-order valence-corrected chi connectivity index (χ1v) is 8.95. The van der Waals surface area contributed by atoms with Gasteiger partial charge in [0.15, 0.2) is 5.16 Å². The molecule has 0 saturated heterocycles.